The lowest BCUT2D eigenvalue weighted by Gasteiger charge is -2.36. The van der Waals surface area contributed by atoms with Gasteiger partial charge in [-0.05, 0) is 49.8 Å². The Balaban J connectivity index is 1.78. The van der Waals surface area contributed by atoms with Gasteiger partial charge >= 0.3 is 6.16 Å². The molecular formula is C21H27Cl2NO4. The Morgan fingerprint density at radius 1 is 1.11 bits per heavy atom. The minimum Gasteiger partial charge on any atom is -0.435 e. The van der Waals surface area contributed by atoms with Gasteiger partial charge in [-0.25, -0.2) is 4.79 Å². The topological polar surface area (TPSA) is 55.8 Å². The van der Waals surface area contributed by atoms with Gasteiger partial charge in [0, 0.05) is 22.5 Å². The van der Waals surface area contributed by atoms with E-state index >= 15 is 0 Å². The summed E-state index contributed by atoms with van der Waals surface area (Å²) in [6, 6.07) is 5.24. The molecule has 1 saturated heterocycles. The van der Waals surface area contributed by atoms with Crippen LogP contribution in [0.5, 0.6) is 0 Å². The van der Waals surface area contributed by atoms with E-state index in [9.17, 15) is 9.59 Å². The van der Waals surface area contributed by atoms with Crippen molar-refractivity contribution in [2.24, 2.45) is 5.92 Å². The third-order valence-electron chi connectivity index (χ3n) is 5.71. The lowest BCUT2D eigenvalue weighted by molar-refractivity contribution is -0.143. The number of carbonyl (C=O) groups excluding carboxylic acids is 2. The van der Waals surface area contributed by atoms with Gasteiger partial charge in [0.15, 0.2) is 6.23 Å². The number of ether oxygens (including phenoxy) is 2. The molecule has 1 aromatic rings. The second-order valence-corrected chi connectivity index (χ2v) is 8.36. The molecule has 2 unspecified atom stereocenters. The quantitative estimate of drug-likeness (QED) is 0.573. The first kappa shape index (κ1) is 21.3. The molecule has 154 valence electrons. The Labute approximate surface area is 176 Å². The van der Waals surface area contributed by atoms with Crippen molar-refractivity contribution in [3.8, 4) is 0 Å². The smallest absolute Gasteiger partial charge is 0.435 e. The van der Waals surface area contributed by atoms with Gasteiger partial charge < -0.3 is 14.4 Å². The third-order valence-corrected chi connectivity index (χ3v) is 6.30. The third kappa shape index (κ3) is 5.12. The summed E-state index contributed by atoms with van der Waals surface area (Å²) in [5.74, 6) is 0.376. The average Bonchev–Trinajstić information content (AvgIpc) is 3.08. The molecule has 1 aliphatic carbocycles. The molecule has 28 heavy (non-hydrogen) atoms. The van der Waals surface area contributed by atoms with Crippen LogP contribution in [0.3, 0.4) is 0 Å². The molecule has 1 saturated carbocycles. The molecule has 0 N–H and O–H groups in total. The van der Waals surface area contributed by atoms with E-state index in [2.05, 4.69) is 0 Å². The van der Waals surface area contributed by atoms with E-state index in [1.807, 2.05) is 0 Å². The molecule has 0 spiro atoms. The molecule has 0 bridgehead atoms. The number of hydrogen-bond donors (Lipinski definition) is 0. The molecule has 7 heteroatoms. The summed E-state index contributed by atoms with van der Waals surface area (Å²) in [7, 11) is 0. The van der Waals surface area contributed by atoms with Crippen LogP contribution in [0.15, 0.2) is 18.2 Å². The van der Waals surface area contributed by atoms with Crippen LogP contribution in [0.4, 0.5) is 4.79 Å². The maximum atomic E-state index is 13.3. The van der Waals surface area contributed by atoms with Crippen molar-refractivity contribution in [3.63, 3.8) is 0 Å². The Bertz CT molecular complexity index is 706. The molecule has 1 amide bonds. The van der Waals surface area contributed by atoms with E-state index in [0.717, 1.165) is 24.8 Å². The highest BCUT2D eigenvalue weighted by atomic mass is 35.5. The largest absolute Gasteiger partial charge is 0.510 e. The van der Waals surface area contributed by atoms with Gasteiger partial charge in [-0.3, -0.25) is 4.79 Å². The first-order valence-electron chi connectivity index (χ1n) is 10.1. The highest BCUT2D eigenvalue weighted by Gasteiger charge is 2.43. The van der Waals surface area contributed by atoms with Crippen LogP contribution in [0.2, 0.25) is 10.0 Å². The number of likely N-dealkylation sites (tertiary alicyclic amines) is 1. The Kier molecular flexibility index (Phi) is 7.47. The first-order chi connectivity index (χ1) is 13.5. The predicted octanol–water partition coefficient (Wildman–Crippen LogP) is 5.61. The van der Waals surface area contributed by atoms with Crippen molar-refractivity contribution in [1.82, 2.24) is 4.90 Å². The van der Waals surface area contributed by atoms with Crippen LogP contribution in [-0.4, -0.2) is 35.8 Å². The van der Waals surface area contributed by atoms with Gasteiger partial charge in [0.2, 0.25) is 5.91 Å². The van der Waals surface area contributed by atoms with Crippen molar-refractivity contribution in [2.75, 3.05) is 6.61 Å². The zero-order valence-corrected chi connectivity index (χ0v) is 17.7. The summed E-state index contributed by atoms with van der Waals surface area (Å²) >= 11 is 12.2. The number of halogens is 2. The van der Waals surface area contributed by atoms with E-state index in [1.165, 1.54) is 19.3 Å². The number of nitrogens with zero attached hydrogens (tertiary/aromatic N) is 1. The zero-order chi connectivity index (χ0) is 20.1. The summed E-state index contributed by atoms with van der Waals surface area (Å²) in [5.41, 5.74) is 0.722. The summed E-state index contributed by atoms with van der Waals surface area (Å²) in [4.78, 5) is 26.9. The fourth-order valence-electron chi connectivity index (χ4n) is 4.43. The molecular weight excluding hydrogens is 401 g/mol. The number of benzene rings is 1. The van der Waals surface area contributed by atoms with Crippen LogP contribution in [0, 0.1) is 5.92 Å². The zero-order valence-electron chi connectivity index (χ0n) is 16.2. The lowest BCUT2D eigenvalue weighted by Crippen LogP contribution is -2.47. The maximum Gasteiger partial charge on any atom is 0.510 e. The predicted molar refractivity (Wildman–Crippen MR) is 109 cm³/mol. The fraction of sp³-hybridized carbons (Fsp3) is 0.619. The van der Waals surface area contributed by atoms with Crippen molar-refractivity contribution in [1.29, 1.82) is 0 Å². The summed E-state index contributed by atoms with van der Waals surface area (Å²) < 4.78 is 10.4. The van der Waals surface area contributed by atoms with Crippen molar-refractivity contribution >= 4 is 35.3 Å². The van der Waals surface area contributed by atoms with Crippen molar-refractivity contribution < 1.29 is 19.1 Å². The van der Waals surface area contributed by atoms with Crippen LogP contribution >= 0.6 is 23.2 Å². The number of hydrogen-bond acceptors (Lipinski definition) is 4. The van der Waals surface area contributed by atoms with Gasteiger partial charge in [0.05, 0.1) is 13.0 Å². The van der Waals surface area contributed by atoms with E-state index in [-0.39, 0.29) is 25.0 Å². The van der Waals surface area contributed by atoms with Gasteiger partial charge in [-0.2, -0.15) is 0 Å². The molecule has 0 radical (unpaired) electrons. The molecule has 1 aliphatic heterocycles. The number of rotatable bonds is 5. The molecule has 2 atom stereocenters. The van der Waals surface area contributed by atoms with Crippen LogP contribution < -0.4 is 0 Å². The first-order valence-corrected chi connectivity index (χ1v) is 10.8. The summed E-state index contributed by atoms with van der Waals surface area (Å²) in [5, 5.41) is 1.00. The molecule has 3 rings (SSSR count). The SMILES string of the molecule is CCOC(=O)OC1CCC(C2CCCCC2)N1C(=O)Cc1ccc(Cl)cc1Cl. The normalized spacial score (nSPS) is 22.9. The average molecular weight is 428 g/mol. The Morgan fingerprint density at radius 2 is 1.86 bits per heavy atom. The van der Waals surface area contributed by atoms with E-state index in [1.54, 1.807) is 30.0 Å². The monoisotopic (exact) mass is 427 g/mol. The van der Waals surface area contributed by atoms with Crippen LogP contribution in [0.1, 0.15) is 57.4 Å². The Hall–Kier alpha value is -1.46. The Morgan fingerprint density at radius 3 is 2.54 bits per heavy atom. The summed E-state index contributed by atoms with van der Waals surface area (Å²) in [6.07, 6.45) is 6.19. The standard InChI is InChI=1S/C21H27Cl2NO4/c1-2-27-21(26)28-20-11-10-18(14-6-4-3-5-7-14)24(20)19(25)12-15-8-9-16(22)13-17(15)23/h8-9,13-14,18,20H,2-7,10-12H2,1H3. The second kappa shape index (κ2) is 9.84. The molecule has 2 fully saturated rings. The molecule has 1 heterocycles. The maximum absolute atomic E-state index is 13.3. The number of carbonyl (C=O) groups is 2. The second-order valence-electron chi connectivity index (χ2n) is 7.51. The van der Waals surface area contributed by atoms with E-state index in [0.29, 0.717) is 22.4 Å². The molecule has 5 nitrogen and oxygen atoms in total. The van der Waals surface area contributed by atoms with Gasteiger partial charge in [-0.1, -0.05) is 48.5 Å². The lowest BCUT2D eigenvalue weighted by atomic mass is 9.83. The number of amides is 1. The van der Waals surface area contributed by atoms with Gasteiger partial charge in [0.25, 0.3) is 0 Å². The molecule has 0 aromatic heterocycles. The minimum absolute atomic E-state index is 0.0772. The van der Waals surface area contributed by atoms with Crippen molar-refractivity contribution in [3.05, 3.63) is 33.8 Å². The fourth-order valence-corrected chi connectivity index (χ4v) is 4.91. The minimum atomic E-state index is -0.723. The van der Waals surface area contributed by atoms with Crippen molar-refractivity contribution in [2.45, 2.75) is 70.6 Å². The van der Waals surface area contributed by atoms with Crippen LogP contribution in [-0.2, 0) is 20.7 Å². The van der Waals surface area contributed by atoms with Gasteiger partial charge in [0.1, 0.15) is 0 Å². The van der Waals surface area contributed by atoms with Gasteiger partial charge in [-0.15, -0.1) is 0 Å². The molecule has 2 aliphatic rings. The molecule has 1 aromatic carbocycles. The highest BCUT2D eigenvalue weighted by Crippen LogP contribution is 2.38. The van der Waals surface area contributed by atoms with E-state index in [4.69, 9.17) is 32.7 Å². The van der Waals surface area contributed by atoms with E-state index < -0.39 is 12.4 Å². The van der Waals surface area contributed by atoms with Crippen LogP contribution in [0.25, 0.3) is 0 Å². The highest BCUT2D eigenvalue weighted by molar-refractivity contribution is 6.35. The summed E-state index contributed by atoms with van der Waals surface area (Å²) in [6.45, 7) is 1.97.